The lowest BCUT2D eigenvalue weighted by Gasteiger charge is -2.38. The Balaban J connectivity index is 1.72. The summed E-state index contributed by atoms with van der Waals surface area (Å²) in [7, 11) is 0. The molecule has 1 N–H and O–H groups in total. The minimum absolute atomic E-state index is 0.164. The predicted molar refractivity (Wildman–Crippen MR) is 71.1 cm³/mol. The van der Waals surface area contributed by atoms with Gasteiger partial charge in [0.25, 0.3) is 0 Å². The first-order valence-corrected chi connectivity index (χ1v) is 7.15. The highest BCUT2D eigenvalue weighted by molar-refractivity contribution is 5.74. The Bertz CT molecular complexity index is 321. The number of hydrogen-bond acceptors (Lipinski definition) is 3. The Labute approximate surface area is 114 Å². The Hall–Kier alpha value is -1.30. The molecule has 108 valence electrons. The van der Waals surface area contributed by atoms with Crippen molar-refractivity contribution >= 4 is 12.0 Å². The molecule has 0 aromatic carbocycles. The minimum atomic E-state index is -0.758. The van der Waals surface area contributed by atoms with Crippen LogP contribution >= 0.6 is 0 Å². The quantitative estimate of drug-likeness (QED) is 0.818. The van der Waals surface area contributed by atoms with Gasteiger partial charge in [-0.1, -0.05) is 0 Å². The van der Waals surface area contributed by atoms with Gasteiger partial charge in [0.1, 0.15) is 0 Å². The zero-order valence-corrected chi connectivity index (χ0v) is 11.4. The summed E-state index contributed by atoms with van der Waals surface area (Å²) in [6.07, 6.45) is 3.64. The first kappa shape index (κ1) is 14.1. The van der Waals surface area contributed by atoms with Gasteiger partial charge in [-0.2, -0.15) is 0 Å². The molecule has 0 aliphatic carbocycles. The van der Waals surface area contributed by atoms with Crippen LogP contribution in [0.3, 0.4) is 0 Å². The highest BCUT2D eigenvalue weighted by atomic mass is 16.4. The number of piperidine rings is 1. The normalized spacial score (nSPS) is 21.5. The van der Waals surface area contributed by atoms with Crippen LogP contribution < -0.4 is 0 Å². The number of carbonyl (C=O) groups excluding carboxylic acids is 1. The van der Waals surface area contributed by atoms with E-state index >= 15 is 0 Å². The SMILES string of the molecule is O=C(O)CCN1CCN(C(=O)N2CCCCC2)CC1. The number of carbonyl (C=O) groups is 2. The molecule has 0 radical (unpaired) electrons. The summed E-state index contributed by atoms with van der Waals surface area (Å²) < 4.78 is 0. The molecule has 0 bridgehead atoms. The van der Waals surface area contributed by atoms with Crippen LogP contribution in [-0.4, -0.2) is 77.6 Å². The highest BCUT2D eigenvalue weighted by Gasteiger charge is 2.25. The van der Waals surface area contributed by atoms with Gasteiger partial charge in [-0.05, 0) is 19.3 Å². The van der Waals surface area contributed by atoms with Gasteiger partial charge in [-0.3, -0.25) is 9.69 Å². The van der Waals surface area contributed by atoms with Crippen molar-refractivity contribution < 1.29 is 14.7 Å². The van der Waals surface area contributed by atoms with Crippen molar-refractivity contribution in [1.29, 1.82) is 0 Å². The molecule has 2 amide bonds. The number of nitrogens with zero attached hydrogens (tertiary/aromatic N) is 3. The summed E-state index contributed by atoms with van der Waals surface area (Å²) in [4.78, 5) is 28.8. The van der Waals surface area contributed by atoms with Crippen LogP contribution in [0.15, 0.2) is 0 Å². The first-order valence-electron chi connectivity index (χ1n) is 7.15. The largest absolute Gasteiger partial charge is 0.481 e. The molecular weight excluding hydrogens is 246 g/mol. The fourth-order valence-electron chi connectivity index (χ4n) is 2.70. The van der Waals surface area contributed by atoms with E-state index in [-0.39, 0.29) is 12.5 Å². The number of urea groups is 1. The highest BCUT2D eigenvalue weighted by Crippen LogP contribution is 2.13. The molecule has 0 unspecified atom stereocenters. The van der Waals surface area contributed by atoms with E-state index in [1.165, 1.54) is 6.42 Å². The van der Waals surface area contributed by atoms with Crippen molar-refractivity contribution in [3.05, 3.63) is 0 Å². The number of likely N-dealkylation sites (tertiary alicyclic amines) is 1. The van der Waals surface area contributed by atoms with E-state index in [1.54, 1.807) is 0 Å². The maximum Gasteiger partial charge on any atom is 0.320 e. The maximum absolute atomic E-state index is 12.3. The molecule has 6 heteroatoms. The second-order valence-corrected chi connectivity index (χ2v) is 5.30. The van der Waals surface area contributed by atoms with Gasteiger partial charge < -0.3 is 14.9 Å². The molecule has 2 fully saturated rings. The monoisotopic (exact) mass is 269 g/mol. The molecule has 19 heavy (non-hydrogen) atoms. The smallest absolute Gasteiger partial charge is 0.320 e. The lowest BCUT2D eigenvalue weighted by molar-refractivity contribution is -0.137. The molecule has 2 aliphatic rings. The van der Waals surface area contributed by atoms with Crippen molar-refractivity contribution in [2.75, 3.05) is 45.8 Å². The van der Waals surface area contributed by atoms with E-state index in [4.69, 9.17) is 5.11 Å². The summed E-state index contributed by atoms with van der Waals surface area (Å²) >= 11 is 0. The van der Waals surface area contributed by atoms with Crippen molar-refractivity contribution in [1.82, 2.24) is 14.7 Å². The van der Waals surface area contributed by atoms with E-state index in [0.29, 0.717) is 6.54 Å². The molecule has 6 nitrogen and oxygen atoms in total. The third kappa shape index (κ3) is 4.09. The van der Waals surface area contributed by atoms with E-state index in [9.17, 15) is 9.59 Å². The maximum atomic E-state index is 12.3. The van der Waals surface area contributed by atoms with Gasteiger partial charge in [0.15, 0.2) is 0 Å². The van der Waals surface area contributed by atoms with Crippen molar-refractivity contribution in [2.45, 2.75) is 25.7 Å². The number of rotatable bonds is 3. The molecule has 2 rings (SSSR count). The van der Waals surface area contributed by atoms with Crippen LogP contribution in [0.2, 0.25) is 0 Å². The predicted octanol–water partition coefficient (Wildman–Crippen LogP) is 0.685. The molecular formula is C13H23N3O3. The fraction of sp³-hybridized carbons (Fsp3) is 0.846. The summed E-state index contributed by atoms with van der Waals surface area (Å²) in [6.45, 7) is 5.36. The van der Waals surface area contributed by atoms with Crippen LogP contribution in [0.5, 0.6) is 0 Å². The van der Waals surface area contributed by atoms with Crippen LogP contribution in [0, 0.1) is 0 Å². The molecule has 0 atom stereocenters. The lowest BCUT2D eigenvalue weighted by Crippen LogP contribution is -2.53. The van der Waals surface area contributed by atoms with Gasteiger partial charge in [-0.25, -0.2) is 4.79 Å². The molecule has 2 heterocycles. The van der Waals surface area contributed by atoms with Gasteiger partial charge in [0.05, 0.1) is 6.42 Å². The van der Waals surface area contributed by atoms with E-state index < -0.39 is 5.97 Å². The molecule has 2 saturated heterocycles. The Morgan fingerprint density at radius 2 is 1.42 bits per heavy atom. The van der Waals surface area contributed by atoms with Gasteiger partial charge >= 0.3 is 12.0 Å². The summed E-state index contributed by atoms with van der Waals surface area (Å²) in [5.74, 6) is -0.758. The number of amides is 2. The standard InChI is InChI=1S/C13H23N3O3/c17-12(18)4-7-14-8-10-16(11-9-14)13(19)15-5-2-1-3-6-15/h1-11H2,(H,17,18). The molecule has 0 spiro atoms. The van der Waals surface area contributed by atoms with Crippen molar-refractivity contribution in [3.63, 3.8) is 0 Å². The third-order valence-electron chi connectivity index (χ3n) is 3.91. The number of hydrogen-bond donors (Lipinski definition) is 1. The number of carboxylic acids is 1. The molecule has 2 aliphatic heterocycles. The first-order chi connectivity index (χ1) is 9.16. The lowest BCUT2D eigenvalue weighted by atomic mass is 10.1. The minimum Gasteiger partial charge on any atom is -0.481 e. The van der Waals surface area contributed by atoms with E-state index in [1.807, 2.05) is 9.80 Å². The summed E-state index contributed by atoms with van der Waals surface area (Å²) in [6, 6.07) is 0.164. The average molecular weight is 269 g/mol. The van der Waals surface area contributed by atoms with Crippen molar-refractivity contribution in [2.24, 2.45) is 0 Å². The van der Waals surface area contributed by atoms with Gasteiger partial charge in [-0.15, -0.1) is 0 Å². The molecule has 0 aromatic rings. The van der Waals surface area contributed by atoms with Crippen LogP contribution in [-0.2, 0) is 4.79 Å². The number of aliphatic carboxylic acids is 1. The van der Waals surface area contributed by atoms with Gasteiger partial charge in [0.2, 0.25) is 0 Å². The van der Waals surface area contributed by atoms with Crippen LogP contribution in [0.25, 0.3) is 0 Å². The van der Waals surface area contributed by atoms with Crippen molar-refractivity contribution in [3.8, 4) is 0 Å². The van der Waals surface area contributed by atoms with E-state index in [2.05, 4.69) is 4.90 Å². The third-order valence-corrected chi connectivity index (χ3v) is 3.91. The summed E-state index contributed by atoms with van der Waals surface area (Å²) in [5, 5.41) is 8.66. The van der Waals surface area contributed by atoms with E-state index in [0.717, 1.165) is 52.1 Å². The Morgan fingerprint density at radius 1 is 0.842 bits per heavy atom. The second kappa shape index (κ2) is 6.75. The average Bonchev–Trinajstić information content (AvgIpc) is 2.46. The van der Waals surface area contributed by atoms with Crippen LogP contribution in [0.1, 0.15) is 25.7 Å². The topological polar surface area (TPSA) is 64.1 Å². The molecule has 0 saturated carbocycles. The fourth-order valence-corrected chi connectivity index (χ4v) is 2.70. The zero-order valence-electron chi connectivity index (χ0n) is 11.4. The second-order valence-electron chi connectivity index (χ2n) is 5.30. The number of piperazine rings is 1. The summed E-state index contributed by atoms with van der Waals surface area (Å²) in [5.41, 5.74) is 0. The Kier molecular flexibility index (Phi) is 5.01. The zero-order chi connectivity index (χ0) is 13.7. The number of carboxylic acid groups (broad SMARTS) is 1. The Morgan fingerprint density at radius 3 is 2.00 bits per heavy atom. The van der Waals surface area contributed by atoms with Crippen LogP contribution in [0.4, 0.5) is 4.79 Å². The van der Waals surface area contributed by atoms with Gasteiger partial charge in [0, 0.05) is 45.8 Å². The molecule has 0 aromatic heterocycles.